The molecule has 7 heteroatoms. The molecule has 0 atom stereocenters. The van der Waals surface area contributed by atoms with E-state index in [9.17, 15) is 13.2 Å². The highest BCUT2D eigenvalue weighted by Crippen LogP contribution is 2.36. The number of hydrogen-bond donors (Lipinski definition) is 2. The van der Waals surface area contributed by atoms with Gasteiger partial charge in [0, 0.05) is 18.6 Å². The molecule has 2 rings (SSSR count). The van der Waals surface area contributed by atoms with E-state index in [1.54, 1.807) is 7.05 Å². The van der Waals surface area contributed by atoms with Gasteiger partial charge in [-0.05, 0) is 32.1 Å². The van der Waals surface area contributed by atoms with Gasteiger partial charge in [-0.1, -0.05) is 19.3 Å². The van der Waals surface area contributed by atoms with Gasteiger partial charge in [0.05, 0.1) is 6.42 Å². The third-order valence-corrected chi connectivity index (χ3v) is 6.36. The third-order valence-electron chi connectivity index (χ3n) is 4.61. The van der Waals surface area contributed by atoms with Gasteiger partial charge in [0.2, 0.25) is 0 Å². The van der Waals surface area contributed by atoms with Crippen LogP contribution < -0.4 is 4.72 Å². The van der Waals surface area contributed by atoms with Gasteiger partial charge >= 0.3 is 5.97 Å². The smallest absolute Gasteiger partial charge is 0.305 e. The van der Waals surface area contributed by atoms with Crippen LogP contribution in [-0.2, 0) is 15.0 Å². The van der Waals surface area contributed by atoms with E-state index in [-0.39, 0.29) is 12.5 Å². The van der Waals surface area contributed by atoms with E-state index in [4.69, 9.17) is 5.11 Å². The highest BCUT2D eigenvalue weighted by atomic mass is 32.2. The monoisotopic (exact) mass is 304 g/mol. The summed E-state index contributed by atoms with van der Waals surface area (Å²) in [6.45, 7) is 0. The van der Waals surface area contributed by atoms with Gasteiger partial charge in [-0.15, -0.1) is 0 Å². The van der Waals surface area contributed by atoms with Crippen LogP contribution in [0.1, 0.15) is 57.8 Å². The van der Waals surface area contributed by atoms with Crippen molar-refractivity contribution < 1.29 is 18.3 Å². The van der Waals surface area contributed by atoms with Crippen molar-refractivity contribution in [2.75, 3.05) is 7.05 Å². The minimum absolute atomic E-state index is 0.0446. The number of carboxylic acids is 1. The molecule has 0 amide bonds. The predicted octanol–water partition coefficient (Wildman–Crippen LogP) is 1.48. The Morgan fingerprint density at radius 2 is 1.85 bits per heavy atom. The molecule has 20 heavy (non-hydrogen) atoms. The SMILES string of the molecule is CN(C1CCCCC1)S(=O)(=O)NC1(CC(=O)O)CCC1. The van der Waals surface area contributed by atoms with Gasteiger partial charge in [0.15, 0.2) is 0 Å². The lowest BCUT2D eigenvalue weighted by molar-refractivity contribution is -0.139. The van der Waals surface area contributed by atoms with Gasteiger partial charge in [-0.25, -0.2) is 0 Å². The second kappa shape index (κ2) is 5.99. The number of carboxylic acid groups (broad SMARTS) is 1. The Bertz CT molecular complexity index is 453. The van der Waals surface area contributed by atoms with Gasteiger partial charge in [0.25, 0.3) is 10.2 Å². The second-order valence-electron chi connectivity index (χ2n) is 6.12. The number of nitrogens with zero attached hydrogens (tertiary/aromatic N) is 1. The molecule has 6 nitrogen and oxygen atoms in total. The molecule has 0 aromatic heterocycles. The van der Waals surface area contributed by atoms with Gasteiger partial charge < -0.3 is 5.11 Å². The molecule has 0 aromatic rings. The van der Waals surface area contributed by atoms with Crippen molar-refractivity contribution in [1.29, 1.82) is 0 Å². The normalized spacial score (nSPS) is 23.5. The molecule has 0 aliphatic heterocycles. The zero-order chi connectivity index (χ0) is 14.8. The lowest BCUT2D eigenvalue weighted by Gasteiger charge is -2.43. The Morgan fingerprint density at radius 1 is 1.25 bits per heavy atom. The summed E-state index contributed by atoms with van der Waals surface area (Å²) in [5.41, 5.74) is -0.770. The topological polar surface area (TPSA) is 86.7 Å². The number of rotatable bonds is 6. The van der Waals surface area contributed by atoms with E-state index < -0.39 is 21.7 Å². The maximum absolute atomic E-state index is 12.4. The summed E-state index contributed by atoms with van der Waals surface area (Å²) < 4.78 is 28.9. The molecular weight excluding hydrogens is 280 g/mol. The largest absolute Gasteiger partial charge is 0.481 e. The number of hydrogen-bond acceptors (Lipinski definition) is 3. The second-order valence-corrected chi connectivity index (χ2v) is 7.85. The molecule has 0 radical (unpaired) electrons. The number of aliphatic carboxylic acids is 1. The fourth-order valence-electron chi connectivity index (χ4n) is 3.19. The molecule has 2 aliphatic rings. The first kappa shape index (κ1) is 15.7. The van der Waals surface area contributed by atoms with E-state index in [1.807, 2.05) is 0 Å². The van der Waals surface area contributed by atoms with Crippen molar-refractivity contribution in [3.63, 3.8) is 0 Å². The summed E-state index contributed by atoms with van der Waals surface area (Å²) >= 11 is 0. The van der Waals surface area contributed by atoms with Crippen LogP contribution in [0.3, 0.4) is 0 Å². The van der Waals surface area contributed by atoms with Crippen molar-refractivity contribution in [3.05, 3.63) is 0 Å². The molecule has 2 saturated carbocycles. The summed E-state index contributed by atoms with van der Waals surface area (Å²) in [7, 11) is -2.00. The van der Waals surface area contributed by atoms with Crippen LogP contribution in [0.2, 0.25) is 0 Å². The van der Waals surface area contributed by atoms with E-state index in [2.05, 4.69) is 4.72 Å². The highest BCUT2D eigenvalue weighted by molar-refractivity contribution is 7.87. The maximum Gasteiger partial charge on any atom is 0.305 e. The Morgan fingerprint density at radius 3 is 2.30 bits per heavy atom. The summed E-state index contributed by atoms with van der Waals surface area (Å²) in [6.07, 6.45) is 7.03. The van der Waals surface area contributed by atoms with Crippen molar-refractivity contribution in [3.8, 4) is 0 Å². The average Bonchev–Trinajstić information content (AvgIpc) is 2.35. The van der Waals surface area contributed by atoms with Gasteiger partial charge in [-0.3, -0.25) is 4.79 Å². The molecule has 0 spiro atoms. The molecule has 2 fully saturated rings. The standard InChI is InChI=1S/C13H24N2O4S/c1-15(11-6-3-2-4-7-11)20(18,19)14-13(8-5-9-13)10-12(16)17/h11,14H,2-10H2,1H3,(H,16,17). The third kappa shape index (κ3) is 3.51. The van der Waals surface area contributed by atoms with Crippen molar-refractivity contribution in [2.24, 2.45) is 0 Å². The first-order valence-electron chi connectivity index (χ1n) is 7.33. The molecule has 0 aromatic carbocycles. The summed E-state index contributed by atoms with van der Waals surface area (Å²) in [4.78, 5) is 10.9. The van der Waals surface area contributed by atoms with E-state index >= 15 is 0 Å². The van der Waals surface area contributed by atoms with Crippen LogP contribution in [-0.4, -0.2) is 42.4 Å². The van der Waals surface area contributed by atoms with Crippen LogP contribution in [0.15, 0.2) is 0 Å². The van der Waals surface area contributed by atoms with Gasteiger partial charge in [0.1, 0.15) is 0 Å². The predicted molar refractivity (Wildman–Crippen MR) is 75.5 cm³/mol. The van der Waals surface area contributed by atoms with E-state index in [0.29, 0.717) is 12.8 Å². The number of carbonyl (C=O) groups is 1. The molecule has 0 bridgehead atoms. The molecule has 2 aliphatic carbocycles. The fraction of sp³-hybridized carbons (Fsp3) is 0.923. The highest BCUT2D eigenvalue weighted by Gasteiger charge is 2.44. The Hall–Kier alpha value is -0.660. The molecule has 0 unspecified atom stereocenters. The maximum atomic E-state index is 12.4. The Balaban J connectivity index is 2.03. The molecule has 2 N–H and O–H groups in total. The van der Waals surface area contributed by atoms with Gasteiger partial charge in [-0.2, -0.15) is 17.4 Å². The number of nitrogens with one attached hydrogen (secondary N) is 1. The van der Waals surface area contributed by atoms with E-state index in [1.165, 1.54) is 10.7 Å². The van der Waals surface area contributed by atoms with Crippen LogP contribution >= 0.6 is 0 Å². The van der Waals surface area contributed by atoms with Crippen molar-refractivity contribution >= 4 is 16.2 Å². The molecule has 0 saturated heterocycles. The first-order chi connectivity index (χ1) is 9.35. The summed E-state index contributed by atoms with van der Waals surface area (Å²) in [6, 6.07) is 0.0446. The Kier molecular flexibility index (Phi) is 4.71. The average molecular weight is 304 g/mol. The molecule has 116 valence electrons. The minimum Gasteiger partial charge on any atom is -0.481 e. The molecule has 0 heterocycles. The van der Waals surface area contributed by atoms with Crippen molar-refractivity contribution in [2.45, 2.75) is 69.4 Å². The Labute approximate surface area is 120 Å². The molecular formula is C13H24N2O4S. The fourth-order valence-corrected chi connectivity index (χ4v) is 4.77. The lowest BCUT2D eigenvalue weighted by atomic mass is 9.75. The lowest BCUT2D eigenvalue weighted by Crippen LogP contribution is -2.58. The quantitative estimate of drug-likeness (QED) is 0.778. The zero-order valence-corrected chi connectivity index (χ0v) is 12.8. The van der Waals surface area contributed by atoms with E-state index in [0.717, 1.165) is 32.1 Å². The zero-order valence-electron chi connectivity index (χ0n) is 12.0. The summed E-state index contributed by atoms with van der Waals surface area (Å²) in [5.74, 6) is -0.951. The van der Waals surface area contributed by atoms with Crippen LogP contribution in [0.4, 0.5) is 0 Å². The van der Waals surface area contributed by atoms with Crippen LogP contribution in [0.5, 0.6) is 0 Å². The van der Waals surface area contributed by atoms with Crippen LogP contribution in [0.25, 0.3) is 0 Å². The minimum atomic E-state index is -3.60. The first-order valence-corrected chi connectivity index (χ1v) is 8.77. The van der Waals surface area contributed by atoms with Crippen molar-refractivity contribution in [1.82, 2.24) is 9.03 Å². The van der Waals surface area contributed by atoms with Crippen LogP contribution in [0, 0.1) is 0 Å². The summed E-state index contributed by atoms with van der Waals surface area (Å²) in [5, 5.41) is 8.95.